The van der Waals surface area contributed by atoms with Gasteiger partial charge in [-0.1, -0.05) is 29.8 Å². The van der Waals surface area contributed by atoms with E-state index in [0.29, 0.717) is 23.0 Å². The van der Waals surface area contributed by atoms with E-state index in [1.54, 1.807) is 18.0 Å². The van der Waals surface area contributed by atoms with Crippen molar-refractivity contribution in [2.24, 2.45) is 0 Å². The minimum absolute atomic E-state index is 0.0143. The van der Waals surface area contributed by atoms with E-state index in [-0.39, 0.29) is 18.2 Å². The smallest absolute Gasteiger partial charge is 0.251 e. The Kier molecular flexibility index (Phi) is 6.19. The number of hydrogen-bond acceptors (Lipinski definition) is 3. The molecule has 1 aromatic heterocycles. The number of aryl methyl sites for hydroxylation is 1. The maximum atomic E-state index is 12.1. The van der Waals surface area contributed by atoms with Gasteiger partial charge in [0.05, 0.1) is 10.9 Å². The summed E-state index contributed by atoms with van der Waals surface area (Å²) in [7, 11) is 1.75. The molecule has 1 heterocycles. The molecule has 0 spiro atoms. The van der Waals surface area contributed by atoms with Crippen molar-refractivity contribution in [2.75, 3.05) is 13.6 Å². The summed E-state index contributed by atoms with van der Waals surface area (Å²) in [6.45, 7) is 2.74. The normalized spacial score (nSPS) is 10.4. The van der Waals surface area contributed by atoms with Crippen LogP contribution in [0, 0.1) is 6.92 Å². The van der Waals surface area contributed by atoms with Gasteiger partial charge in [-0.15, -0.1) is 11.3 Å². The Hall–Kier alpha value is -1.85. The summed E-state index contributed by atoms with van der Waals surface area (Å²) in [6.07, 6.45) is 0.271. The van der Waals surface area contributed by atoms with Crippen LogP contribution in [0.4, 0.5) is 0 Å². The Labute approximate surface area is 145 Å². The third-order valence-electron chi connectivity index (χ3n) is 3.46. The molecule has 2 rings (SSSR count). The van der Waals surface area contributed by atoms with E-state index < -0.39 is 0 Å². The zero-order valence-corrected chi connectivity index (χ0v) is 14.7. The van der Waals surface area contributed by atoms with Crippen molar-refractivity contribution in [1.82, 2.24) is 10.2 Å². The number of amides is 2. The van der Waals surface area contributed by atoms with Gasteiger partial charge in [0.15, 0.2) is 0 Å². The van der Waals surface area contributed by atoms with E-state index in [1.165, 1.54) is 11.3 Å². The van der Waals surface area contributed by atoms with Gasteiger partial charge in [0, 0.05) is 30.5 Å². The van der Waals surface area contributed by atoms with Crippen molar-refractivity contribution in [3.05, 3.63) is 56.7 Å². The van der Waals surface area contributed by atoms with Gasteiger partial charge < -0.3 is 10.2 Å². The highest BCUT2D eigenvalue weighted by Gasteiger charge is 2.12. The second-order valence-electron chi connectivity index (χ2n) is 5.28. The van der Waals surface area contributed by atoms with Crippen LogP contribution in [0.3, 0.4) is 0 Å². The standard InChI is InChI=1S/C17H19ClN2O2S/c1-12-5-3-4-6-14(12)17(22)19-10-9-16(21)20(2)11-13-7-8-15(18)23-13/h3-8H,9-11H2,1-2H3,(H,19,22). The first-order chi connectivity index (χ1) is 11.0. The van der Waals surface area contributed by atoms with Crippen LogP contribution in [0.25, 0.3) is 0 Å². The van der Waals surface area contributed by atoms with Crippen LogP contribution in [0.2, 0.25) is 4.34 Å². The van der Waals surface area contributed by atoms with Crippen LogP contribution in [0.5, 0.6) is 0 Å². The average molecular weight is 351 g/mol. The Balaban J connectivity index is 1.78. The lowest BCUT2D eigenvalue weighted by atomic mass is 10.1. The quantitative estimate of drug-likeness (QED) is 0.867. The molecule has 2 amide bonds. The van der Waals surface area contributed by atoms with Crippen LogP contribution < -0.4 is 5.32 Å². The minimum Gasteiger partial charge on any atom is -0.352 e. The number of carbonyl (C=O) groups is 2. The molecule has 2 aromatic rings. The minimum atomic E-state index is -0.149. The summed E-state index contributed by atoms with van der Waals surface area (Å²) in [5.41, 5.74) is 1.56. The summed E-state index contributed by atoms with van der Waals surface area (Å²) >= 11 is 7.34. The van der Waals surface area contributed by atoms with E-state index in [0.717, 1.165) is 10.4 Å². The topological polar surface area (TPSA) is 49.4 Å². The summed E-state index contributed by atoms with van der Waals surface area (Å²) in [6, 6.07) is 11.1. The van der Waals surface area contributed by atoms with Crippen LogP contribution in [0.1, 0.15) is 27.2 Å². The van der Waals surface area contributed by atoms with Gasteiger partial charge in [0.25, 0.3) is 5.91 Å². The molecule has 0 aliphatic rings. The van der Waals surface area contributed by atoms with E-state index in [9.17, 15) is 9.59 Å². The number of carbonyl (C=O) groups excluding carboxylic acids is 2. The number of rotatable bonds is 6. The predicted molar refractivity (Wildman–Crippen MR) is 93.9 cm³/mol. The lowest BCUT2D eigenvalue weighted by molar-refractivity contribution is -0.130. The first-order valence-corrected chi connectivity index (χ1v) is 8.49. The fourth-order valence-electron chi connectivity index (χ4n) is 2.16. The maximum Gasteiger partial charge on any atom is 0.251 e. The van der Waals surface area contributed by atoms with E-state index in [4.69, 9.17) is 11.6 Å². The Morgan fingerprint density at radius 2 is 1.96 bits per heavy atom. The van der Waals surface area contributed by atoms with Crippen molar-refractivity contribution in [2.45, 2.75) is 19.9 Å². The number of thiophene rings is 1. The average Bonchev–Trinajstić information content (AvgIpc) is 2.92. The second kappa shape index (κ2) is 8.13. The predicted octanol–water partition coefficient (Wildman–Crippen LogP) is 3.49. The summed E-state index contributed by atoms with van der Waals surface area (Å²) in [5, 5.41) is 2.79. The molecule has 4 nitrogen and oxygen atoms in total. The highest BCUT2D eigenvalue weighted by Crippen LogP contribution is 2.22. The van der Waals surface area contributed by atoms with Gasteiger partial charge in [-0.25, -0.2) is 0 Å². The Morgan fingerprint density at radius 3 is 2.61 bits per heavy atom. The number of halogens is 1. The summed E-state index contributed by atoms with van der Waals surface area (Å²) in [4.78, 5) is 26.8. The SMILES string of the molecule is Cc1ccccc1C(=O)NCCC(=O)N(C)Cc1ccc(Cl)s1. The third kappa shape index (κ3) is 5.08. The zero-order chi connectivity index (χ0) is 16.8. The third-order valence-corrected chi connectivity index (χ3v) is 4.68. The Bertz CT molecular complexity index is 699. The molecule has 1 N–H and O–H groups in total. The van der Waals surface area contributed by atoms with Gasteiger partial charge in [0.2, 0.25) is 5.91 Å². The van der Waals surface area contributed by atoms with Crippen LogP contribution in [-0.4, -0.2) is 30.3 Å². The van der Waals surface area contributed by atoms with Crippen molar-refractivity contribution >= 4 is 34.8 Å². The molecule has 122 valence electrons. The van der Waals surface area contributed by atoms with Crippen molar-refractivity contribution < 1.29 is 9.59 Å². The summed E-state index contributed by atoms with van der Waals surface area (Å²) < 4.78 is 0.714. The molecule has 23 heavy (non-hydrogen) atoms. The molecule has 0 unspecified atom stereocenters. The lowest BCUT2D eigenvalue weighted by Gasteiger charge is -2.16. The molecule has 6 heteroatoms. The number of nitrogens with zero attached hydrogens (tertiary/aromatic N) is 1. The zero-order valence-electron chi connectivity index (χ0n) is 13.1. The summed E-state index contributed by atoms with van der Waals surface area (Å²) in [5.74, 6) is -0.164. The molecule has 0 saturated carbocycles. The first kappa shape index (κ1) is 17.5. The highest BCUT2D eigenvalue weighted by atomic mass is 35.5. The fraction of sp³-hybridized carbons (Fsp3) is 0.294. The van der Waals surface area contributed by atoms with Crippen molar-refractivity contribution in [1.29, 1.82) is 0 Å². The molecule has 0 bridgehead atoms. The molecule has 0 atom stereocenters. The molecule has 0 aliphatic heterocycles. The fourth-order valence-corrected chi connectivity index (χ4v) is 3.30. The second-order valence-corrected chi connectivity index (χ2v) is 7.08. The maximum absolute atomic E-state index is 12.1. The van der Waals surface area contributed by atoms with Gasteiger partial charge in [-0.2, -0.15) is 0 Å². The van der Waals surface area contributed by atoms with Gasteiger partial charge in [-0.05, 0) is 30.7 Å². The molecule has 0 fully saturated rings. The molecular weight excluding hydrogens is 332 g/mol. The van der Waals surface area contributed by atoms with Crippen LogP contribution in [0.15, 0.2) is 36.4 Å². The van der Waals surface area contributed by atoms with Crippen molar-refractivity contribution in [3.63, 3.8) is 0 Å². The van der Waals surface area contributed by atoms with Crippen LogP contribution >= 0.6 is 22.9 Å². The lowest BCUT2D eigenvalue weighted by Crippen LogP contribution is -2.32. The largest absolute Gasteiger partial charge is 0.352 e. The van der Waals surface area contributed by atoms with Gasteiger partial charge in [-0.3, -0.25) is 9.59 Å². The van der Waals surface area contributed by atoms with Gasteiger partial charge >= 0.3 is 0 Å². The van der Waals surface area contributed by atoms with E-state index >= 15 is 0 Å². The molecular formula is C17H19ClN2O2S. The Morgan fingerprint density at radius 1 is 1.22 bits per heavy atom. The molecule has 1 aromatic carbocycles. The first-order valence-electron chi connectivity index (χ1n) is 7.29. The van der Waals surface area contributed by atoms with Gasteiger partial charge in [0.1, 0.15) is 0 Å². The highest BCUT2D eigenvalue weighted by molar-refractivity contribution is 7.16. The van der Waals surface area contributed by atoms with E-state index in [1.807, 2.05) is 37.3 Å². The number of hydrogen-bond donors (Lipinski definition) is 1. The number of nitrogens with one attached hydrogen (secondary N) is 1. The number of benzene rings is 1. The van der Waals surface area contributed by atoms with Crippen LogP contribution in [-0.2, 0) is 11.3 Å². The molecule has 0 radical (unpaired) electrons. The van der Waals surface area contributed by atoms with Crippen molar-refractivity contribution in [3.8, 4) is 0 Å². The monoisotopic (exact) mass is 350 g/mol. The molecule has 0 saturated heterocycles. The molecule has 0 aliphatic carbocycles. The van der Waals surface area contributed by atoms with E-state index in [2.05, 4.69) is 5.32 Å².